The topological polar surface area (TPSA) is 51.5 Å². The molecule has 2 aromatic heterocycles. The number of rotatable bonds is 10. The molecule has 0 saturated carbocycles. The fraction of sp³-hybridized carbons (Fsp3) is 0.714. The maximum absolute atomic E-state index is 6.04. The molecule has 2 N–H and O–H groups in total. The Labute approximate surface area is 177 Å². The summed E-state index contributed by atoms with van der Waals surface area (Å²) in [6.07, 6.45) is 3.21. The van der Waals surface area contributed by atoms with Crippen molar-refractivity contribution in [1.29, 1.82) is 0 Å². The molecule has 7 heteroatoms. The van der Waals surface area contributed by atoms with E-state index in [0.717, 1.165) is 47.4 Å². The first-order chi connectivity index (χ1) is 13.5. The third-order valence-corrected chi connectivity index (χ3v) is 7.50. The minimum Gasteiger partial charge on any atom is -0.370 e. The zero-order valence-electron chi connectivity index (χ0n) is 18.0. The molecular weight excluding hydrogens is 388 g/mol. The van der Waals surface area contributed by atoms with E-state index in [1.165, 1.54) is 35.5 Å². The fourth-order valence-electron chi connectivity index (χ4n) is 3.66. The predicted octanol–water partition coefficient (Wildman–Crippen LogP) is 3.77. The van der Waals surface area contributed by atoms with Crippen LogP contribution in [-0.2, 0) is 17.8 Å². The summed E-state index contributed by atoms with van der Waals surface area (Å²) in [6.45, 7) is 16.3. The van der Waals surface area contributed by atoms with Crippen molar-refractivity contribution in [2.45, 2.75) is 71.2 Å². The van der Waals surface area contributed by atoms with Crippen molar-refractivity contribution >= 4 is 39.1 Å². The number of hydrogen-bond donors (Lipinski definition) is 2. The molecule has 0 unspecified atom stereocenters. The van der Waals surface area contributed by atoms with Crippen LogP contribution in [0.1, 0.15) is 57.9 Å². The monoisotopic (exact) mass is 423 g/mol. The van der Waals surface area contributed by atoms with Crippen LogP contribution in [0.3, 0.4) is 0 Å². The first-order valence-electron chi connectivity index (χ1n) is 10.6. The number of thiophene rings is 1. The van der Waals surface area contributed by atoms with Gasteiger partial charge in [-0.25, -0.2) is 9.97 Å². The maximum Gasteiger partial charge on any atom is 0.190 e. The second-order valence-corrected chi connectivity index (χ2v) is 10.2. The summed E-state index contributed by atoms with van der Waals surface area (Å²) in [4.78, 5) is 13.9. The van der Waals surface area contributed by atoms with Gasteiger partial charge in [-0.15, -0.1) is 11.3 Å². The van der Waals surface area contributed by atoms with E-state index >= 15 is 0 Å². The van der Waals surface area contributed by atoms with E-state index in [4.69, 9.17) is 14.7 Å². The number of ether oxygens (including phenoxy) is 1. The van der Waals surface area contributed by atoms with E-state index in [1.807, 2.05) is 0 Å². The van der Waals surface area contributed by atoms with Gasteiger partial charge in [0.25, 0.3) is 0 Å². The Hall–Kier alpha value is -0.890. The lowest BCUT2D eigenvalue weighted by molar-refractivity contribution is -0.896. The Morgan fingerprint density at radius 3 is 2.71 bits per heavy atom. The van der Waals surface area contributed by atoms with Gasteiger partial charge in [-0.1, -0.05) is 18.7 Å². The summed E-state index contributed by atoms with van der Waals surface area (Å²) in [7, 11) is 0. The van der Waals surface area contributed by atoms with Crippen LogP contribution in [0.25, 0.3) is 10.2 Å². The van der Waals surface area contributed by atoms with Gasteiger partial charge in [-0.3, -0.25) is 0 Å². The molecule has 0 amide bonds. The highest BCUT2D eigenvalue weighted by Gasteiger charge is 2.31. The van der Waals surface area contributed by atoms with Crippen LogP contribution in [0, 0.1) is 0 Å². The highest BCUT2D eigenvalue weighted by molar-refractivity contribution is 7.99. The second-order valence-electron chi connectivity index (χ2n) is 8.10. The van der Waals surface area contributed by atoms with Crippen molar-refractivity contribution in [3.63, 3.8) is 0 Å². The van der Waals surface area contributed by atoms with Crippen molar-refractivity contribution in [3.8, 4) is 0 Å². The molecule has 3 rings (SSSR count). The van der Waals surface area contributed by atoms with Gasteiger partial charge in [0.15, 0.2) is 5.16 Å². The zero-order chi connectivity index (χ0) is 20.1. The molecule has 5 nitrogen and oxygen atoms in total. The Bertz CT molecular complexity index is 786. The standard InChI is InChI=1S/C21H34N4OS2/c1-6-12-27-20-23-18(22-10-9-11-25(7-2)8-3)17-15-13-21(4,5)26-14-16(15)28-19(17)24-20/h6-14H2,1-5H3,(H,22,23,24)/p+1. The Morgan fingerprint density at radius 1 is 1.21 bits per heavy atom. The van der Waals surface area contributed by atoms with Crippen molar-refractivity contribution in [3.05, 3.63) is 10.4 Å². The van der Waals surface area contributed by atoms with Gasteiger partial charge in [0.05, 0.1) is 37.2 Å². The van der Waals surface area contributed by atoms with E-state index in [0.29, 0.717) is 6.61 Å². The first-order valence-corrected chi connectivity index (χ1v) is 12.4. The summed E-state index contributed by atoms with van der Waals surface area (Å²) >= 11 is 3.54. The van der Waals surface area contributed by atoms with E-state index in [-0.39, 0.29) is 5.60 Å². The largest absolute Gasteiger partial charge is 0.370 e. The van der Waals surface area contributed by atoms with Crippen molar-refractivity contribution < 1.29 is 9.64 Å². The third kappa shape index (κ3) is 5.17. The van der Waals surface area contributed by atoms with Crippen LogP contribution >= 0.6 is 23.1 Å². The van der Waals surface area contributed by atoms with Gasteiger partial charge in [0.2, 0.25) is 0 Å². The molecule has 1 aliphatic rings. The highest BCUT2D eigenvalue weighted by atomic mass is 32.2. The number of nitrogens with zero attached hydrogens (tertiary/aromatic N) is 2. The summed E-state index contributed by atoms with van der Waals surface area (Å²) < 4.78 is 6.04. The number of hydrogen-bond acceptors (Lipinski definition) is 6. The van der Waals surface area contributed by atoms with Crippen LogP contribution < -0.4 is 10.2 Å². The molecule has 28 heavy (non-hydrogen) atoms. The maximum atomic E-state index is 6.04. The first kappa shape index (κ1) is 21.8. The Morgan fingerprint density at radius 2 is 2.00 bits per heavy atom. The lowest BCUT2D eigenvalue weighted by atomic mass is 9.94. The van der Waals surface area contributed by atoms with Crippen molar-refractivity contribution in [1.82, 2.24) is 9.97 Å². The molecule has 1 aliphatic heterocycles. The van der Waals surface area contributed by atoms with E-state index in [1.54, 1.807) is 28.0 Å². The van der Waals surface area contributed by atoms with Crippen LogP contribution in [0.4, 0.5) is 5.82 Å². The molecular formula is C21H35N4OS2+. The molecule has 0 fully saturated rings. The summed E-state index contributed by atoms with van der Waals surface area (Å²) in [5.41, 5.74) is 1.26. The second kappa shape index (κ2) is 9.74. The third-order valence-electron chi connectivity index (χ3n) is 5.34. The summed E-state index contributed by atoms with van der Waals surface area (Å²) in [5, 5.41) is 5.78. The minimum absolute atomic E-state index is 0.125. The number of aromatic nitrogens is 2. The van der Waals surface area contributed by atoms with Crippen LogP contribution in [-0.4, -0.2) is 47.5 Å². The van der Waals surface area contributed by atoms with Gasteiger partial charge in [-0.05, 0) is 39.7 Å². The normalized spacial score (nSPS) is 15.9. The lowest BCUT2D eigenvalue weighted by Gasteiger charge is -2.30. The number of quaternary nitrogens is 1. The number of thioether (sulfide) groups is 1. The van der Waals surface area contributed by atoms with E-state index < -0.39 is 0 Å². The number of nitrogens with one attached hydrogen (secondary N) is 2. The number of fused-ring (bicyclic) bond motifs is 3. The van der Waals surface area contributed by atoms with E-state index in [2.05, 4.69) is 39.9 Å². The SMILES string of the molecule is CCCSc1nc(NCCC[NH+](CC)CC)c2c3c(sc2n1)COC(C)(C)C3. The van der Waals surface area contributed by atoms with Gasteiger partial charge < -0.3 is 15.0 Å². The van der Waals surface area contributed by atoms with Crippen molar-refractivity contribution in [2.75, 3.05) is 37.2 Å². The highest BCUT2D eigenvalue weighted by Crippen LogP contribution is 2.41. The van der Waals surface area contributed by atoms with Crippen LogP contribution in [0.5, 0.6) is 0 Å². The molecule has 0 atom stereocenters. The van der Waals surface area contributed by atoms with Crippen LogP contribution in [0.15, 0.2) is 5.16 Å². The van der Waals surface area contributed by atoms with Gasteiger partial charge in [0, 0.05) is 30.0 Å². The molecule has 3 heterocycles. The molecule has 0 radical (unpaired) electrons. The average Bonchev–Trinajstić information content (AvgIpc) is 3.03. The molecule has 0 aromatic carbocycles. The fourth-order valence-corrected chi connectivity index (χ4v) is 5.52. The van der Waals surface area contributed by atoms with Gasteiger partial charge in [-0.2, -0.15) is 0 Å². The van der Waals surface area contributed by atoms with Gasteiger partial charge in [0.1, 0.15) is 10.6 Å². The molecule has 0 saturated heterocycles. The minimum atomic E-state index is -0.125. The molecule has 0 aliphatic carbocycles. The molecule has 2 aromatic rings. The number of anilines is 1. The quantitative estimate of drug-likeness (QED) is 0.346. The summed E-state index contributed by atoms with van der Waals surface area (Å²) in [5.74, 6) is 2.07. The predicted molar refractivity (Wildman–Crippen MR) is 121 cm³/mol. The average molecular weight is 424 g/mol. The smallest absolute Gasteiger partial charge is 0.190 e. The summed E-state index contributed by atoms with van der Waals surface area (Å²) in [6, 6.07) is 0. The molecule has 156 valence electrons. The molecule has 0 spiro atoms. The Kier molecular flexibility index (Phi) is 7.59. The Balaban J connectivity index is 1.85. The lowest BCUT2D eigenvalue weighted by Crippen LogP contribution is -3.11. The molecule has 0 bridgehead atoms. The van der Waals surface area contributed by atoms with Crippen molar-refractivity contribution in [2.24, 2.45) is 0 Å². The zero-order valence-corrected chi connectivity index (χ0v) is 19.6. The van der Waals surface area contributed by atoms with E-state index in [9.17, 15) is 0 Å². The van der Waals surface area contributed by atoms with Gasteiger partial charge >= 0.3 is 0 Å². The van der Waals surface area contributed by atoms with Crippen LogP contribution in [0.2, 0.25) is 0 Å².